The van der Waals surface area contributed by atoms with Gasteiger partial charge in [-0.15, -0.1) is 0 Å². The zero-order valence-electron chi connectivity index (χ0n) is 23.9. The number of unbranched alkanes of at least 4 members (excludes halogenated alkanes) is 2. The molecule has 1 atom stereocenters. The van der Waals surface area contributed by atoms with E-state index in [1.54, 1.807) is 36.4 Å². The van der Waals surface area contributed by atoms with Crippen LogP contribution in [0.1, 0.15) is 60.2 Å². The summed E-state index contributed by atoms with van der Waals surface area (Å²) >= 11 is 0. The second-order valence-electron chi connectivity index (χ2n) is 10.4. The van der Waals surface area contributed by atoms with E-state index in [1.165, 1.54) is 11.2 Å². The molecule has 1 aliphatic heterocycles. The van der Waals surface area contributed by atoms with Crippen molar-refractivity contribution < 1.29 is 28.6 Å². The first kappa shape index (κ1) is 28.7. The summed E-state index contributed by atoms with van der Waals surface area (Å²) in [7, 11) is 0. The Kier molecular flexibility index (Phi) is 9.07. The predicted octanol–water partition coefficient (Wildman–Crippen LogP) is 7.36. The van der Waals surface area contributed by atoms with Crippen molar-refractivity contribution in [3.63, 3.8) is 0 Å². The smallest absolute Gasteiger partial charge is 0.296 e. The first-order valence-electron chi connectivity index (χ1n) is 14.3. The zero-order chi connectivity index (χ0) is 29.5. The molecule has 0 spiro atoms. The zero-order valence-corrected chi connectivity index (χ0v) is 23.9. The second kappa shape index (κ2) is 13.3. The molecular formula is C35H35NO6. The Morgan fingerprint density at radius 3 is 2.29 bits per heavy atom. The topological polar surface area (TPSA) is 89.2 Å². The summed E-state index contributed by atoms with van der Waals surface area (Å²) in [5, 5.41) is 11.4. The van der Waals surface area contributed by atoms with Crippen LogP contribution in [0.25, 0.3) is 5.76 Å². The number of rotatable bonds is 12. The molecule has 216 valence electrons. The van der Waals surface area contributed by atoms with Crippen LogP contribution in [0.5, 0.6) is 11.5 Å². The minimum atomic E-state index is -0.804. The maximum atomic E-state index is 13.4. The number of nitrogens with zero attached hydrogens (tertiary/aromatic N) is 1. The van der Waals surface area contributed by atoms with Crippen molar-refractivity contribution in [3.8, 4) is 11.5 Å². The van der Waals surface area contributed by atoms with E-state index in [4.69, 9.17) is 13.9 Å². The van der Waals surface area contributed by atoms with Gasteiger partial charge in [-0.2, -0.15) is 0 Å². The van der Waals surface area contributed by atoms with E-state index in [2.05, 4.69) is 6.92 Å². The Bertz CT molecular complexity index is 1540. The molecule has 7 nitrogen and oxygen atoms in total. The largest absolute Gasteiger partial charge is 0.507 e. The number of carbonyl (C=O) groups is 2. The number of furan rings is 1. The molecule has 1 saturated heterocycles. The normalized spacial score (nSPS) is 16.1. The molecule has 7 heteroatoms. The van der Waals surface area contributed by atoms with Crippen LogP contribution in [-0.4, -0.2) is 28.3 Å². The van der Waals surface area contributed by atoms with Gasteiger partial charge in [0.05, 0.1) is 31.0 Å². The number of amides is 1. The van der Waals surface area contributed by atoms with E-state index in [-0.39, 0.29) is 17.9 Å². The Balaban J connectivity index is 1.42. The highest BCUT2D eigenvalue weighted by molar-refractivity contribution is 6.46. The molecule has 1 fully saturated rings. The summed E-state index contributed by atoms with van der Waals surface area (Å²) in [4.78, 5) is 28.1. The number of hydrogen-bond acceptors (Lipinski definition) is 6. The molecule has 42 heavy (non-hydrogen) atoms. The van der Waals surface area contributed by atoms with Crippen molar-refractivity contribution in [3.05, 3.63) is 125 Å². The molecular weight excluding hydrogens is 530 g/mol. The van der Waals surface area contributed by atoms with Crippen LogP contribution in [0, 0.1) is 6.92 Å². The average Bonchev–Trinajstić information content (AvgIpc) is 3.62. The summed E-state index contributed by atoms with van der Waals surface area (Å²) in [6.07, 6.45) is 4.70. The maximum Gasteiger partial charge on any atom is 0.296 e. The van der Waals surface area contributed by atoms with Crippen molar-refractivity contribution >= 4 is 17.4 Å². The van der Waals surface area contributed by atoms with Gasteiger partial charge < -0.3 is 23.9 Å². The fraction of sp³-hybridized carbons (Fsp3) is 0.257. The molecule has 4 aromatic rings. The van der Waals surface area contributed by atoms with Crippen molar-refractivity contribution in [2.75, 3.05) is 6.61 Å². The summed E-state index contributed by atoms with van der Waals surface area (Å²) in [6.45, 7) is 5.29. The minimum Gasteiger partial charge on any atom is -0.507 e. The van der Waals surface area contributed by atoms with Gasteiger partial charge in [0.1, 0.15) is 29.6 Å². The summed E-state index contributed by atoms with van der Waals surface area (Å²) in [5.41, 5.74) is 3.34. The number of Topliss-reactive ketones (excluding diaryl/α,β-unsaturated/α-hetero) is 1. The van der Waals surface area contributed by atoms with Gasteiger partial charge in [0, 0.05) is 5.56 Å². The fourth-order valence-electron chi connectivity index (χ4n) is 5.05. The SMILES string of the molecule is CCCCCOc1ccc(C2/C(=C(\O)c3ccc(OCc4ccccc4C)cc3)C(=O)C(=O)N2Cc2ccco2)cc1. The van der Waals surface area contributed by atoms with Gasteiger partial charge in [-0.3, -0.25) is 9.59 Å². The van der Waals surface area contributed by atoms with E-state index in [9.17, 15) is 14.7 Å². The van der Waals surface area contributed by atoms with Gasteiger partial charge in [-0.05, 0) is 78.6 Å². The van der Waals surface area contributed by atoms with Gasteiger partial charge in [-0.1, -0.05) is 56.2 Å². The molecule has 1 unspecified atom stereocenters. The molecule has 1 amide bonds. The highest BCUT2D eigenvalue weighted by Gasteiger charge is 2.46. The van der Waals surface area contributed by atoms with Crippen LogP contribution in [0.4, 0.5) is 0 Å². The first-order valence-corrected chi connectivity index (χ1v) is 14.3. The van der Waals surface area contributed by atoms with Gasteiger partial charge in [0.15, 0.2) is 0 Å². The molecule has 0 bridgehead atoms. The Hall–Kier alpha value is -4.78. The van der Waals surface area contributed by atoms with Crippen LogP contribution in [0.15, 0.2) is 101 Å². The average molecular weight is 566 g/mol. The predicted molar refractivity (Wildman–Crippen MR) is 160 cm³/mol. The van der Waals surface area contributed by atoms with Gasteiger partial charge in [0.25, 0.3) is 11.7 Å². The van der Waals surface area contributed by atoms with Gasteiger partial charge in [0.2, 0.25) is 0 Å². The standard InChI is InChI=1S/C35H35NO6/c1-3-4-7-20-40-28-16-12-25(13-17-28)32-31(34(38)35(39)36(32)22-30-11-8-21-41-30)33(37)26-14-18-29(19-15-26)42-23-27-10-6-5-9-24(27)2/h5-6,8-19,21,32,37H,3-4,7,20,22-23H2,1-2H3/b33-31+. The Labute approximate surface area is 246 Å². The van der Waals surface area contributed by atoms with E-state index in [1.807, 2.05) is 55.5 Å². The van der Waals surface area contributed by atoms with Crippen LogP contribution in [0.2, 0.25) is 0 Å². The third-order valence-corrected chi connectivity index (χ3v) is 7.44. The number of aliphatic hydroxyl groups is 1. The molecule has 1 aromatic heterocycles. The van der Waals surface area contributed by atoms with Crippen molar-refractivity contribution in [1.82, 2.24) is 4.90 Å². The lowest BCUT2D eigenvalue weighted by molar-refractivity contribution is -0.140. The summed E-state index contributed by atoms with van der Waals surface area (Å²) in [6, 6.07) is 24.9. The third kappa shape index (κ3) is 6.41. The van der Waals surface area contributed by atoms with E-state index >= 15 is 0 Å². The monoisotopic (exact) mass is 565 g/mol. The number of carbonyl (C=O) groups excluding carboxylic acids is 2. The summed E-state index contributed by atoms with van der Waals surface area (Å²) in [5.74, 6) is 0.177. The molecule has 0 saturated carbocycles. The highest BCUT2D eigenvalue weighted by Crippen LogP contribution is 2.41. The van der Waals surface area contributed by atoms with Crippen LogP contribution in [-0.2, 0) is 22.7 Å². The molecule has 3 aromatic carbocycles. The first-order chi connectivity index (χ1) is 20.5. The number of ketones is 1. The number of benzene rings is 3. The van der Waals surface area contributed by atoms with E-state index in [0.717, 1.165) is 30.4 Å². The molecule has 1 aliphatic rings. The van der Waals surface area contributed by atoms with E-state index in [0.29, 0.717) is 41.6 Å². The number of likely N-dealkylation sites (tertiary alicyclic amines) is 1. The molecule has 0 radical (unpaired) electrons. The maximum absolute atomic E-state index is 13.4. The van der Waals surface area contributed by atoms with Crippen molar-refractivity contribution in [2.45, 2.75) is 52.3 Å². The lowest BCUT2D eigenvalue weighted by Gasteiger charge is -2.24. The Morgan fingerprint density at radius 1 is 0.881 bits per heavy atom. The van der Waals surface area contributed by atoms with E-state index < -0.39 is 17.7 Å². The second-order valence-corrected chi connectivity index (χ2v) is 10.4. The number of hydrogen-bond donors (Lipinski definition) is 1. The van der Waals surface area contributed by atoms with Crippen LogP contribution >= 0.6 is 0 Å². The highest BCUT2D eigenvalue weighted by atomic mass is 16.5. The molecule has 2 heterocycles. The minimum absolute atomic E-state index is 0.0248. The number of aryl methyl sites for hydroxylation is 1. The van der Waals surface area contributed by atoms with Crippen LogP contribution < -0.4 is 9.47 Å². The van der Waals surface area contributed by atoms with Crippen molar-refractivity contribution in [1.29, 1.82) is 0 Å². The lowest BCUT2D eigenvalue weighted by atomic mass is 9.95. The number of ether oxygens (including phenoxy) is 2. The lowest BCUT2D eigenvalue weighted by Crippen LogP contribution is -2.29. The van der Waals surface area contributed by atoms with Crippen molar-refractivity contribution in [2.24, 2.45) is 0 Å². The van der Waals surface area contributed by atoms with Gasteiger partial charge in [-0.25, -0.2) is 0 Å². The van der Waals surface area contributed by atoms with Crippen LogP contribution in [0.3, 0.4) is 0 Å². The fourth-order valence-corrected chi connectivity index (χ4v) is 5.05. The number of aliphatic hydroxyl groups excluding tert-OH is 1. The summed E-state index contributed by atoms with van der Waals surface area (Å²) < 4.78 is 17.3. The third-order valence-electron chi connectivity index (χ3n) is 7.44. The quantitative estimate of drug-likeness (QED) is 0.0836. The molecule has 1 N–H and O–H groups in total. The molecule has 5 rings (SSSR count). The molecule has 0 aliphatic carbocycles. The van der Waals surface area contributed by atoms with Gasteiger partial charge >= 0.3 is 0 Å². The Morgan fingerprint density at radius 2 is 1.60 bits per heavy atom.